The topological polar surface area (TPSA) is 113 Å². The molecule has 3 aromatic heterocycles. The van der Waals surface area contributed by atoms with Crippen LogP contribution >= 0.6 is 0 Å². The lowest BCUT2D eigenvalue weighted by molar-refractivity contribution is -0.101. The largest absolute Gasteiger partial charge is 0.494 e. The minimum atomic E-state index is -4.04. The first-order valence-corrected chi connectivity index (χ1v) is 13.6. The van der Waals surface area contributed by atoms with Gasteiger partial charge in [-0.25, -0.2) is 22.5 Å². The molecule has 10 nitrogen and oxygen atoms in total. The van der Waals surface area contributed by atoms with Crippen LogP contribution in [0.15, 0.2) is 53.9 Å². The van der Waals surface area contributed by atoms with E-state index in [9.17, 15) is 8.42 Å². The van der Waals surface area contributed by atoms with Gasteiger partial charge in [0.1, 0.15) is 22.0 Å². The van der Waals surface area contributed by atoms with Gasteiger partial charge in [0.25, 0.3) is 10.0 Å². The van der Waals surface area contributed by atoms with Crippen LogP contribution in [0.5, 0.6) is 5.75 Å². The van der Waals surface area contributed by atoms with Crippen LogP contribution in [0.4, 0.5) is 10.1 Å². The molecule has 0 aliphatic heterocycles. The summed E-state index contributed by atoms with van der Waals surface area (Å²) in [5.74, 6) is 0.671. The molecule has 37 heavy (non-hydrogen) atoms. The number of nitrogens with zero attached hydrogens (tertiary/aromatic N) is 5. The third-order valence-electron chi connectivity index (χ3n) is 6.64. The number of ether oxygens (including phenoxy) is 2. The first-order valence-electron chi connectivity index (χ1n) is 12.1. The molecule has 1 aromatic carbocycles. The molecule has 5 rings (SSSR count). The minimum absolute atomic E-state index is 0.0797. The highest BCUT2D eigenvalue weighted by Gasteiger charge is 2.47. The van der Waals surface area contributed by atoms with Gasteiger partial charge in [0.05, 0.1) is 37.3 Å². The van der Waals surface area contributed by atoms with Crippen molar-refractivity contribution in [2.45, 2.75) is 49.3 Å². The molecule has 0 spiro atoms. The predicted octanol–water partition coefficient (Wildman–Crippen LogP) is 4.11. The van der Waals surface area contributed by atoms with E-state index in [1.807, 2.05) is 0 Å². The number of sulfonamides is 1. The van der Waals surface area contributed by atoms with Gasteiger partial charge in [-0.2, -0.15) is 10.2 Å². The van der Waals surface area contributed by atoms with E-state index >= 15 is 4.39 Å². The third-order valence-corrected chi connectivity index (χ3v) is 7.95. The number of nitrogens with one attached hydrogen (secondary N) is 1. The van der Waals surface area contributed by atoms with Crippen molar-refractivity contribution in [1.29, 1.82) is 0 Å². The van der Waals surface area contributed by atoms with Crippen LogP contribution in [0.3, 0.4) is 0 Å². The van der Waals surface area contributed by atoms with Crippen LogP contribution in [-0.2, 0) is 27.5 Å². The van der Waals surface area contributed by atoms with Gasteiger partial charge in [0.2, 0.25) is 0 Å². The number of aromatic nitrogens is 5. The minimum Gasteiger partial charge on any atom is -0.494 e. The van der Waals surface area contributed by atoms with Crippen LogP contribution in [0.2, 0.25) is 0 Å². The Kier molecular flexibility index (Phi) is 6.63. The highest BCUT2D eigenvalue weighted by Crippen LogP contribution is 2.47. The normalized spacial score (nSPS) is 19.6. The summed E-state index contributed by atoms with van der Waals surface area (Å²) in [6, 6.07) is 6.70. The van der Waals surface area contributed by atoms with E-state index in [1.54, 1.807) is 42.2 Å². The fraction of sp³-hybridized carbons (Fsp3) is 0.400. The molecule has 0 amide bonds. The summed E-state index contributed by atoms with van der Waals surface area (Å²) in [4.78, 5) is 4.19. The number of pyridine rings is 1. The Labute approximate surface area is 214 Å². The summed E-state index contributed by atoms with van der Waals surface area (Å²) in [5.41, 5.74) is -0.182. The molecule has 1 aliphatic carbocycles. The quantitative estimate of drug-likeness (QED) is 0.308. The Morgan fingerprint density at radius 3 is 2.78 bits per heavy atom. The van der Waals surface area contributed by atoms with Crippen molar-refractivity contribution < 1.29 is 22.3 Å². The van der Waals surface area contributed by atoms with Crippen molar-refractivity contribution in [2.24, 2.45) is 7.05 Å². The van der Waals surface area contributed by atoms with Crippen molar-refractivity contribution >= 4 is 26.6 Å². The van der Waals surface area contributed by atoms with Crippen molar-refractivity contribution in [3.63, 3.8) is 0 Å². The predicted molar refractivity (Wildman–Crippen MR) is 136 cm³/mol. The summed E-state index contributed by atoms with van der Waals surface area (Å²) in [6.45, 7) is 2.72. The lowest BCUT2D eigenvalue weighted by atomic mass is 9.74. The highest BCUT2D eigenvalue weighted by atomic mass is 32.2. The first kappa shape index (κ1) is 25.2. The maximum atomic E-state index is 15.5. The lowest BCUT2D eigenvalue weighted by Crippen LogP contribution is -2.42. The van der Waals surface area contributed by atoms with Gasteiger partial charge in [-0.3, -0.25) is 9.40 Å². The van der Waals surface area contributed by atoms with Crippen molar-refractivity contribution in [1.82, 2.24) is 24.5 Å². The van der Waals surface area contributed by atoms with Crippen LogP contribution < -0.4 is 9.46 Å². The highest BCUT2D eigenvalue weighted by molar-refractivity contribution is 7.92. The average Bonchev–Trinajstić information content (AvgIpc) is 3.51. The molecule has 4 aromatic rings. The number of alkyl halides is 1. The van der Waals surface area contributed by atoms with Gasteiger partial charge < -0.3 is 9.47 Å². The number of hydrogen-bond donors (Lipinski definition) is 1. The van der Waals surface area contributed by atoms with Gasteiger partial charge in [0, 0.05) is 38.1 Å². The molecule has 0 unspecified atom stereocenters. The lowest BCUT2D eigenvalue weighted by Gasteiger charge is -2.41. The Morgan fingerprint density at radius 1 is 1.22 bits per heavy atom. The molecule has 1 N–H and O–H groups in total. The molecular weight excluding hydrogens is 499 g/mol. The fourth-order valence-electron chi connectivity index (χ4n) is 4.51. The van der Waals surface area contributed by atoms with E-state index in [0.717, 1.165) is 18.2 Å². The molecule has 1 saturated carbocycles. The van der Waals surface area contributed by atoms with Crippen LogP contribution in [0.25, 0.3) is 16.7 Å². The summed E-state index contributed by atoms with van der Waals surface area (Å²) < 4.78 is 58.6. The number of rotatable bonds is 10. The van der Waals surface area contributed by atoms with Crippen LogP contribution in [0.1, 0.15) is 38.2 Å². The average molecular weight is 529 g/mol. The van der Waals surface area contributed by atoms with Crippen molar-refractivity contribution in [2.75, 3.05) is 18.4 Å². The van der Waals surface area contributed by atoms with Gasteiger partial charge >= 0.3 is 0 Å². The van der Waals surface area contributed by atoms with Gasteiger partial charge in [-0.15, -0.1) is 0 Å². The molecule has 3 heterocycles. The number of methoxy groups -OCH3 is 1. The zero-order chi connectivity index (χ0) is 26.2. The Bertz CT molecular complexity index is 1530. The monoisotopic (exact) mass is 528 g/mol. The Hall–Kier alpha value is -3.51. The van der Waals surface area contributed by atoms with Gasteiger partial charge in [-0.05, 0) is 36.2 Å². The molecule has 0 atom stereocenters. The number of hydrogen-bond acceptors (Lipinski definition) is 7. The zero-order valence-electron chi connectivity index (χ0n) is 20.9. The second kappa shape index (κ2) is 9.75. The maximum absolute atomic E-state index is 15.5. The second-order valence-corrected chi connectivity index (χ2v) is 10.9. The van der Waals surface area contributed by atoms with Gasteiger partial charge in [0.15, 0.2) is 5.82 Å². The first-order chi connectivity index (χ1) is 17.7. The smallest absolute Gasteiger partial charge is 0.265 e. The summed E-state index contributed by atoms with van der Waals surface area (Å²) in [6.07, 6.45) is 8.16. The standard InChI is InChI=1S/C25H29FN6O4S/c1-4-5-10-36-19-12-25(26,13-19)18-8-9-27-22(11-18)32-16-20(15-29-32)37(33,34)30-23-21(35-3)7-6-17-14-28-31(2)24(17)23/h6-9,11,14-16,19,30H,4-5,10,12-13H2,1-3H3. The summed E-state index contributed by atoms with van der Waals surface area (Å²) in [7, 11) is -0.861. The van der Waals surface area contributed by atoms with E-state index in [2.05, 4.69) is 26.8 Å². The number of unbranched alkanes of at least 4 members (excludes halogenated alkanes) is 1. The second-order valence-electron chi connectivity index (χ2n) is 9.20. The number of benzene rings is 1. The van der Waals surface area contributed by atoms with E-state index in [-0.39, 0.29) is 29.5 Å². The zero-order valence-corrected chi connectivity index (χ0v) is 21.7. The number of fused-ring (bicyclic) bond motifs is 1. The third kappa shape index (κ3) is 4.78. The van der Waals surface area contributed by atoms with Crippen LogP contribution in [-0.4, -0.2) is 52.8 Å². The Morgan fingerprint density at radius 2 is 2.03 bits per heavy atom. The molecule has 0 saturated heterocycles. The molecule has 196 valence electrons. The van der Waals surface area contributed by atoms with Crippen LogP contribution in [0, 0.1) is 0 Å². The number of aryl methyl sites for hydroxylation is 1. The van der Waals surface area contributed by atoms with E-state index in [1.165, 1.54) is 30.4 Å². The molecular formula is C25H29FN6O4S. The molecule has 12 heteroatoms. The van der Waals surface area contributed by atoms with E-state index in [4.69, 9.17) is 9.47 Å². The van der Waals surface area contributed by atoms with E-state index in [0.29, 0.717) is 29.3 Å². The molecule has 1 fully saturated rings. The molecule has 0 radical (unpaired) electrons. The van der Waals surface area contributed by atoms with E-state index < -0.39 is 15.7 Å². The number of anilines is 1. The van der Waals surface area contributed by atoms with Gasteiger partial charge in [-0.1, -0.05) is 13.3 Å². The van der Waals surface area contributed by atoms with Crippen molar-refractivity contribution in [3.05, 3.63) is 54.6 Å². The molecule has 0 bridgehead atoms. The molecule has 1 aliphatic rings. The maximum Gasteiger partial charge on any atom is 0.265 e. The number of halogens is 1. The Balaban J connectivity index is 1.37. The fourth-order valence-corrected chi connectivity index (χ4v) is 5.52. The SMILES string of the molecule is CCCCOC1CC(F)(c2ccnc(-n3cc(S(=O)(=O)Nc4c(OC)ccc5cnn(C)c45)cn3)c2)C1. The summed E-state index contributed by atoms with van der Waals surface area (Å²) >= 11 is 0. The summed E-state index contributed by atoms with van der Waals surface area (Å²) in [5, 5.41) is 9.14. The van der Waals surface area contributed by atoms with Crippen molar-refractivity contribution in [3.8, 4) is 11.6 Å².